The third kappa shape index (κ3) is 3.59. The molecule has 0 radical (unpaired) electrons. The van der Waals surface area contributed by atoms with Gasteiger partial charge >= 0.3 is 0 Å². The summed E-state index contributed by atoms with van der Waals surface area (Å²) in [4.78, 5) is 11.2. The summed E-state index contributed by atoms with van der Waals surface area (Å²) in [6, 6.07) is 18.2. The number of hydrogen-bond donors (Lipinski definition) is 0. The summed E-state index contributed by atoms with van der Waals surface area (Å²) in [6.45, 7) is 2.12. The monoisotopic (exact) mass is 385 g/mol. The van der Waals surface area contributed by atoms with Gasteiger partial charge < -0.3 is 9.64 Å². The number of aromatic nitrogens is 4. The van der Waals surface area contributed by atoms with Crippen molar-refractivity contribution < 1.29 is 4.74 Å². The smallest absolute Gasteiger partial charge is 0.162 e. The van der Waals surface area contributed by atoms with Gasteiger partial charge in [0.05, 0.1) is 11.4 Å². The molecule has 1 atom stereocenters. The van der Waals surface area contributed by atoms with Gasteiger partial charge in [0.2, 0.25) is 0 Å². The standard InChI is InChI=1S/C23H23N5O/c1-27-12-6-8-18(15-27)28-23-21(14-24-16-25-23)22(26-28)17-7-5-11-20(13-17)29-19-9-3-2-4-10-19/h2-5,7,9-11,13-14,16,18H,6,8,12,15H2,1H3. The van der Waals surface area contributed by atoms with Crippen LogP contribution >= 0.6 is 0 Å². The van der Waals surface area contributed by atoms with Crippen LogP contribution in [0.2, 0.25) is 0 Å². The lowest BCUT2D eigenvalue weighted by Crippen LogP contribution is -2.34. The van der Waals surface area contributed by atoms with Crippen LogP contribution in [0.5, 0.6) is 11.5 Å². The van der Waals surface area contributed by atoms with Gasteiger partial charge in [-0.25, -0.2) is 14.6 Å². The molecular weight excluding hydrogens is 362 g/mol. The molecule has 1 fully saturated rings. The largest absolute Gasteiger partial charge is 0.457 e. The lowest BCUT2D eigenvalue weighted by molar-refractivity contribution is 0.205. The van der Waals surface area contributed by atoms with E-state index in [-0.39, 0.29) is 0 Å². The molecule has 0 bridgehead atoms. The minimum absolute atomic E-state index is 0.323. The van der Waals surface area contributed by atoms with E-state index < -0.39 is 0 Å². The van der Waals surface area contributed by atoms with E-state index in [0.29, 0.717) is 6.04 Å². The Kier molecular flexibility index (Phi) is 4.69. The molecule has 3 heterocycles. The van der Waals surface area contributed by atoms with Gasteiger partial charge in [-0.15, -0.1) is 0 Å². The second kappa shape index (κ2) is 7.64. The molecule has 2 aromatic carbocycles. The first-order valence-electron chi connectivity index (χ1n) is 9.98. The zero-order valence-corrected chi connectivity index (χ0v) is 16.4. The van der Waals surface area contributed by atoms with Crippen LogP contribution in [0.4, 0.5) is 0 Å². The van der Waals surface area contributed by atoms with Crippen LogP contribution in [-0.2, 0) is 0 Å². The zero-order valence-electron chi connectivity index (χ0n) is 16.4. The Morgan fingerprint density at radius 1 is 1.03 bits per heavy atom. The number of ether oxygens (including phenoxy) is 1. The van der Waals surface area contributed by atoms with Crippen LogP contribution < -0.4 is 4.74 Å². The highest BCUT2D eigenvalue weighted by molar-refractivity contribution is 5.90. The molecule has 0 saturated carbocycles. The Balaban J connectivity index is 1.54. The summed E-state index contributed by atoms with van der Waals surface area (Å²) >= 11 is 0. The van der Waals surface area contributed by atoms with E-state index in [1.54, 1.807) is 6.33 Å². The number of benzene rings is 2. The maximum atomic E-state index is 6.02. The van der Waals surface area contributed by atoms with E-state index in [4.69, 9.17) is 9.84 Å². The van der Waals surface area contributed by atoms with Crippen molar-refractivity contribution in [3.05, 3.63) is 67.1 Å². The fourth-order valence-electron chi connectivity index (χ4n) is 4.02. The minimum atomic E-state index is 0.323. The highest BCUT2D eigenvalue weighted by atomic mass is 16.5. The third-order valence-corrected chi connectivity index (χ3v) is 5.40. The number of likely N-dealkylation sites (N-methyl/N-ethyl adjacent to an activating group) is 1. The van der Waals surface area contributed by atoms with Gasteiger partial charge in [-0.1, -0.05) is 30.3 Å². The fourth-order valence-corrected chi connectivity index (χ4v) is 4.02. The van der Waals surface area contributed by atoms with Crippen molar-refractivity contribution in [3.63, 3.8) is 0 Å². The average Bonchev–Trinajstić information content (AvgIpc) is 3.15. The molecule has 2 aromatic heterocycles. The number of likely N-dealkylation sites (tertiary alicyclic amines) is 1. The maximum absolute atomic E-state index is 6.02. The van der Waals surface area contributed by atoms with Crippen LogP contribution in [0.15, 0.2) is 67.1 Å². The molecule has 1 aliphatic heterocycles. The molecule has 0 aliphatic carbocycles. The molecular formula is C23H23N5O. The molecule has 4 aromatic rings. The number of nitrogens with zero attached hydrogens (tertiary/aromatic N) is 5. The Bertz CT molecular complexity index is 1120. The van der Waals surface area contributed by atoms with Gasteiger partial charge in [-0.05, 0) is 50.7 Å². The van der Waals surface area contributed by atoms with Gasteiger partial charge in [-0.2, -0.15) is 5.10 Å². The lowest BCUT2D eigenvalue weighted by Gasteiger charge is -2.29. The second-order valence-electron chi connectivity index (χ2n) is 7.55. The molecule has 29 heavy (non-hydrogen) atoms. The number of hydrogen-bond acceptors (Lipinski definition) is 5. The van der Waals surface area contributed by atoms with Gasteiger partial charge in [0.15, 0.2) is 5.65 Å². The Morgan fingerprint density at radius 2 is 1.90 bits per heavy atom. The topological polar surface area (TPSA) is 56.1 Å². The molecule has 5 rings (SSSR count). The first-order chi connectivity index (χ1) is 14.3. The molecule has 6 nitrogen and oxygen atoms in total. The SMILES string of the molecule is CN1CCCC(n2nc(-c3cccc(Oc4ccccc4)c3)c3cncnc32)C1. The van der Waals surface area contributed by atoms with Gasteiger partial charge in [0, 0.05) is 18.3 Å². The normalized spacial score (nSPS) is 17.5. The Labute approximate surface area is 169 Å². The molecule has 146 valence electrons. The fraction of sp³-hybridized carbons (Fsp3) is 0.261. The second-order valence-corrected chi connectivity index (χ2v) is 7.55. The van der Waals surface area contributed by atoms with Crippen molar-refractivity contribution in [3.8, 4) is 22.8 Å². The van der Waals surface area contributed by atoms with E-state index >= 15 is 0 Å². The highest BCUT2D eigenvalue weighted by Gasteiger charge is 2.24. The summed E-state index contributed by atoms with van der Waals surface area (Å²) in [5.74, 6) is 1.60. The molecule has 1 saturated heterocycles. The van der Waals surface area contributed by atoms with Crippen LogP contribution in [0.25, 0.3) is 22.3 Å². The number of rotatable bonds is 4. The van der Waals surface area contributed by atoms with Crippen LogP contribution in [0.3, 0.4) is 0 Å². The van der Waals surface area contributed by atoms with Crippen molar-refractivity contribution >= 4 is 11.0 Å². The molecule has 0 N–H and O–H groups in total. The Morgan fingerprint density at radius 3 is 2.76 bits per heavy atom. The van der Waals surface area contributed by atoms with E-state index in [0.717, 1.165) is 53.3 Å². The van der Waals surface area contributed by atoms with E-state index in [9.17, 15) is 0 Å². The summed E-state index contributed by atoms with van der Waals surface area (Å²) in [5, 5.41) is 5.97. The first kappa shape index (κ1) is 17.8. The molecule has 1 aliphatic rings. The van der Waals surface area contributed by atoms with Gasteiger partial charge in [-0.3, -0.25) is 0 Å². The summed E-state index contributed by atoms with van der Waals surface area (Å²) in [7, 11) is 2.16. The number of fused-ring (bicyclic) bond motifs is 1. The third-order valence-electron chi connectivity index (χ3n) is 5.40. The molecule has 0 amide bonds. The van der Waals surface area contributed by atoms with Gasteiger partial charge in [0.1, 0.15) is 23.5 Å². The summed E-state index contributed by atoms with van der Waals surface area (Å²) in [5.41, 5.74) is 2.79. The van der Waals surface area contributed by atoms with Crippen LogP contribution in [0.1, 0.15) is 18.9 Å². The van der Waals surface area contributed by atoms with E-state index in [2.05, 4.69) is 32.7 Å². The zero-order chi connectivity index (χ0) is 19.6. The van der Waals surface area contributed by atoms with E-state index in [1.165, 1.54) is 6.42 Å². The molecule has 0 spiro atoms. The summed E-state index contributed by atoms with van der Waals surface area (Å²) in [6.07, 6.45) is 5.75. The van der Waals surface area contributed by atoms with Crippen molar-refractivity contribution in [2.45, 2.75) is 18.9 Å². The molecule has 1 unspecified atom stereocenters. The number of para-hydroxylation sites is 1. The van der Waals surface area contributed by atoms with Crippen molar-refractivity contribution in [2.24, 2.45) is 0 Å². The number of piperidine rings is 1. The predicted molar refractivity (Wildman–Crippen MR) is 113 cm³/mol. The van der Waals surface area contributed by atoms with Crippen molar-refractivity contribution in [2.75, 3.05) is 20.1 Å². The quantitative estimate of drug-likeness (QED) is 0.516. The lowest BCUT2D eigenvalue weighted by atomic mass is 10.1. The average molecular weight is 385 g/mol. The predicted octanol–water partition coefficient (Wildman–Crippen LogP) is 4.55. The van der Waals surface area contributed by atoms with E-state index in [1.807, 2.05) is 54.7 Å². The maximum Gasteiger partial charge on any atom is 0.162 e. The van der Waals surface area contributed by atoms with Crippen LogP contribution in [-0.4, -0.2) is 44.8 Å². The first-order valence-corrected chi connectivity index (χ1v) is 9.98. The molecule has 6 heteroatoms. The summed E-state index contributed by atoms with van der Waals surface area (Å²) < 4.78 is 8.11. The van der Waals surface area contributed by atoms with Crippen LogP contribution in [0, 0.1) is 0 Å². The Hall–Kier alpha value is -3.25. The highest BCUT2D eigenvalue weighted by Crippen LogP contribution is 2.33. The van der Waals surface area contributed by atoms with Crippen molar-refractivity contribution in [1.82, 2.24) is 24.6 Å². The van der Waals surface area contributed by atoms with Gasteiger partial charge in [0.25, 0.3) is 0 Å². The minimum Gasteiger partial charge on any atom is -0.457 e. The van der Waals surface area contributed by atoms with Crippen molar-refractivity contribution in [1.29, 1.82) is 0 Å².